The zero-order chi connectivity index (χ0) is 43.7. The second-order valence-electron chi connectivity index (χ2n) is 19.6. The average Bonchev–Trinajstić information content (AvgIpc) is 3.13. The quantitative estimate of drug-likeness (QED) is 0.0581. The van der Waals surface area contributed by atoms with E-state index in [0.717, 1.165) is 29.9 Å². The van der Waals surface area contributed by atoms with Crippen LogP contribution in [0, 0.1) is 26.5 Å². The molecule has 3 aromatic rings. The van der Waals surface area contributed by atoms with Crippen LogP contribution in [0.15, 0.2) is 60.7 Å². The first kappa shape index (κ1) is 50.3. The van der Waals surface area contributed by atoms with Crippen molar-refractivity contribution in [1.82, 2.24) is 0 Å². The second-order valence-corrected chi connectivity index (χ2v) is 37.3. The Morgan fingerprint density at radius 1 is 0.466 bits per heavy atom. The van der Waals surface area contributed by atoms with E-state index in [1.54, 1.807) is 0 Å². The molecule has 0 bridgehead atoms. The molecule has 0 amide bonds. The predicted molar refractivity (Wildman–Crippen MR) is 273 cm³/mol. The Morgan fingerprint density at radius 3 is 1.09 bits per heavy atom. The van der Waals surface area contributed by atoms with Crippen molar-refractivity contribution in [1.29, 1.82) is 0 Å². The molecule has 3 rings (SSSR count). The van der Waals surface area contributed by atoms with Gasteiger partial charge in [0.25, 0.3) is 0 Å². The third-order valence-electron chi connectivity index (χ3n) is 13.6. The van der Waals surface area contributed by atoms with Gasteiger partial charge in [0.2, 0.25) is 0 Å². The minimum atomic E-state index is -1.92. The van der Waals surface area contributed by atoms with Gasteiger partial charge in [-0.3, -0.25) is 0 Å². The van der Waals surface area contributed by atoms with Gasteiger partial charge in [-0.1, -0.05) is 161 Å². The lowest BCUT2D eigenvalue weighted by molar-refractivity contribution is 0.228. The van der Waals surface area contributed by atoms with Gasteiger partial charge < -0.3 is 9.16 Å². The molecule has 0 heterocycles. The molecule has 318 valence electrons. The first-order chi connectivity index (χ1) is 27.1. The molecule has 0 aliphatic heterocycles. The summed E-state index contributed by atoms with van der Waals surface area (Å²) in [5, 5.41) is 0. The summed E-state index contributed by atoms with van der Waals surface area (Å²) in [5.41, 5.74) is 20.0. The lowest BCUT2D eigenvalue weighted by Gasteiger charge is -2.42. The van der Waals surface area contributed by atoms with Gasteiger partial charge in [0.15, 0.2) is 8.32 Å². The van der Waals surface area contributed by atoms with Gasteiger partial charge in [0.05, 0.1) is 6.61 Å². The van der Waals surface area contributed by atoms with Gasteiger partial charge >= 0.3 is 0 Å². The normalized spacial score (nSPS) is 12.8. The molecule has 0 aliphatic carbocycles. The van der Waals surface area contributed by atoms with Crippen LogP contribution in [0.3, 0.4) is 0 Å². The van der Waals surface area contributed by atoms with Crippen LogP contribution in [0.2, 0.25) is 49.9 Å². The van der Waals surface area contributed by atoms with Crippen molar-refractivity contribution < 1.29 is 9.16 Å². The van der Waals surface area contributed by atoms with Crippen LogP contribution < -0.4 is 4.74 Å². The van der Waals surface area contributed by atoms with E-state index in [0.29, 0.717) is 56.5 Å². The molecule has 0 aromatic heterocycles. The Labute approximate surface area is 374 Å². The van der Waals surface area contributed by atoms with E-state index in [1.165, 1.54) is 25.8 Å². The Balaban J connectivity index is 2.05. The number of benzene rings is 3. The lowest BCUT2D eigenvalue weighted by atomic mass is 9.97. The van der Waals surface area contributed by atoms with Crippen LogP contribution in [-0.2, 0) is 4.43 Å². The van der Waals surface area contributed by atoms with Crippen LogP contribution >= 0.6 is 22.6 Å². The van der Waals surface area contributed by atoms with Crippen LogP contribution in [0.5, 0.6) is 5.75 Å². The zero-order valence-electron chi connectivity index (χ0n) is 39.8. The molecule has 0 unspecified atom stereocenters. The van der Waals surface area contributed by atoms with Crippen molar-refractivity contribution in [2.45, 2.75) is 181 Å². The van der Waals surface area contributed by atoms with Crippen LogP contribution in [-0.4, -0.2) is 37.7 Å². The fourth-order valence-corrected chi connectivity index (χ4v) is 27.7. The van der Waals surface area contributed by atoms with E-state index < -0.39 is 24.5 Å². The summed E-state index contributed by atoms with van der Waals surface area (Å²) >= 11 is 2.54. The second kappa shape index (κ2) is 21.6. The van der Waals surface area contributed by atoms with Crippen molar-refractivity contribution in [3.63, 3.8) is 0 Å². The highest BCUT2D eigenvalue weighted by molar-refractivity contribution is 14.1. The summed E-state index contributed by atoms with van der Waals surface area (Å²) in [7, 11) is -5.56. The summed E-state index contributed by atoms with van der Waals surface area (Å²) in [6.45, 7) is 44.0. The van der Waals surface area contributed by atoms with Crippen LogP contribution in [0.4, 0.5) is 0 Å². The third-order valence-corrected chi connectivity index (χ3v) is 33.5. The molecule has 2 nitrogen and oxygen atoms in total. The van der Waals surface area contributed by atoms with Gasteiger partial charge in [-0.2, -0.15) is 0 Å². The first-order valence-electron chi connectivity index (χ1n) is 22.5. The topological polar surface area (TPSA) is 18.5 Å². The smallest absolute Gasteiger partial charge is 0.200 e. The lowest BCUT2D eigenvalue weighted by Crippen LogP contribution is -2.48. The molecular weight excluding hydrogens is 868 g/mol. The highest BCUT2D eigenvalue weighted by atomic mass is 127. The van der Waals surface area contributed by atoms with E-state index in [-0.39, 0.29) is 0 Å². The van der Waals surface area contributed by atoms with E-state index in [9.17, 15) is 0 Å². The maximum Gasteiger partial charge on any atom is 0.200 e. The van der Waals surface area contributed by atoms with Gasteiger partial charge in [0.1, 0.15) is 21.9 Å². The fourth-order valence-electron chi connectivity index (χ4n) is 10.8. The van der Waals surface area contributed by atoms with Crippen molar-refractivity contribution in [2.24, 2.45) is 0 Å². The minimum Gasteiger partial charge on any atom is -0.493 e. The largest absolute Gasteiger partial charge is 0.493 e. The summed E-state index contributed by atoms with van der Waals surface area (Å²) < 4.78 is 14.7. The molecule has 0 radical (unpaired) electrons. The molecule has 58 heavy (non-hydrogen) atoms. The predicted octanol–water partition coefficient (Wildman–Crippen LogP) is 16.7. The highest BCUT2D eigenvalue weighted by Crippen LogP contribution is 2.44. The highest BCUT2D eigenvalue weighted by Gasteiger charge is 2.45. The maximum absolute atomic E-state index is 6.88. The summed E-state index contributed by atoms with van der Waals surface area (Å²) in [6, 6.07) is 22.3. The fraction of sp³-hybridized carbons (Fsp3) is 0.577. The summed E-state index contributed by atoms with van der Waals surface area (Å²) in [6.07, 6.45) is 0.861. The van der Waals surface area contributed by atoms with E-state index in [2.05, 4.69) is 231 Å². The maximum atomic E-state index is 6.88. The van der Waals surface area contributed by atoms with Crippen molar-refractivity contribution in [2.75, 3.05) is 13.2 Å². The standard InChI is InChI=1S/C52H79IO2Si3/c1-36(2)56(37(3)4,38(5)6)32-28-45-20-24-47(25-21-45)50-34-49(54-30-19-31-55-58(42(13)14,43(15)16)44(17)18)35-51(52(50)53)48-26-22-46(23-27-48)29-33-57(39(7)8,40(9)10)41(11)12/h20-27,34-44H,19,30-31H2,1-18H3. The van der Waals surface area contributed by atoms with Crippen LogP contribution in [0.1, 0.15) is 142 Å². The summed E-state index contributed by atoms with van der Waals surface area (Å²) in [5.74, 6) is 8.20. The molecule has 0 spiro atoms. The number of hydrogen-bond acceptors (Lipinski definition) is 2. The summed E-state index contributed by atoms with van der Waals surface area (Å²) in [4.78, 5) is 0. The molecule has 0 atom stereocenters. The Morgan fingerprint density at radius 2 is 0.793 bits per heavy atom. The monoisotopic (exact) mass is 946 g/mol. The third kappa shape index (κ3) is 11.0. The van der Waals surface area contributed by atoms with E-state index >= 15 is 0 Å². The van der Waals surface area contributed by atoms with Gasteiger partial charge in [-0.05, 0) is 131 Å². The number of hydrogen-bond donors (Lipinski definition) is 0. The van der Waals surface area contributed by atoms with E-state index in [4.69, 9.17) is 9.16 Å². The van der Waals surface area contributed by atoms with Crippen molar-refractivity contribution >= 4 is 47.1 Å². The SMILES string of the molecule is CC(C)[Si](C#Cc1ccc(-c2cc(OCCCO[Si](C(C)C)(C(C)C)C(C)C)cc(-c3ccc(C#C[Si](C(C)C)(C(C)C)C(C)C)cc3)c2I)cc1)(C(C)C)C(C)C. The minimum absolute atomic E-state index is 0.569. The number of halogens is 1. The Kier molecular flexibility index (Phi) is 18.7. The number of ether oxygens (including phenoxy) is 1. The Bertz CT molecular complexity index is 1700. The molecule has 0 aliphatic rings. The van der Waals surface area contributed by atoms with Crippen molar-refractivity contribution in [3.05, 3.63) is 75.4 Å². The Hall–Kier alpha value is -2.08. The molecule has 0 saturated carbocycles. The number of rotatable bonds is 17. The van der Waals surface area contributed by atoms with Crippen LogP contribution in [0.25, 0.3) is 22.3 Å². The van der Waals surface area contributed by atoms with E-state index in [1.807, 2.05) is 0 Å². The molecule has 3 aromatic carbocycles. The van der Waals surface area contributed by atoms with Gasteiger partial charge in [0, 0.05) is 27.7 Å². The van der Waals surface area contributed by atoms with Crippen molar-refractivity contribution in [3.8, 4) is 50.9 Å². The molecule has 0 fully saturated rings. The molecule has 6 heteroatoms. The zero-order valence-corrected chi connectivity index (χ0v) is 44.9. The molecule has 0 saturated heterocycles. The first-order valence-corrected chi connectivity index (χ1v) is 30.1. The van der Waals surface area contributed by atoms with Gasteiger partial charge in [-0.15, -0.1) is 11.1 Å². The van der Waals surface area contributed by atoms with Gasteiger partial charge in [-0.25, -0.2) is 0 Å². The molecule has 0 N–H and O–H groups in total. The average molecular weight is 947 g/mol. The molecular formula is C52H79IO2Si3.